The van der Waals surface area contributed by atoms with Gasteiger partial charge in [0.2, 0.25) is 0 Å². The maximum atomic E-state index is 14.5. The second kappa shape index (κ2) is 6.82. The average Bonchev–Trinajstić information content (AvgIpc) is 2.82. The summed E-state index contributed by atoms with van der Waals surface area (Å²) < 4.78 is 33.4. The van der Waals surface area contributed by atoms with Crippen molar-refractivity contribution in [3.63, 3.8) is 0 Å². The van der Waals surface area contributed by atoms with Gasteiger partial charge in [0, 0.05) is 17.4 Å². The van der Waals surface area contributed by atoms with Crippen molar-refractivity contribution in [3.05, 3.63) is 34.5 Å². The number of aromatic amines is 1. The van der Waals surface area contributed by atoms with Crippen molar-refractivity contribution >= 4 is 22.8 Å². The number of aromatic carboxylic acids is 1. The van der Waals surface area contributed by atoms with Gasteiger partial charge in [0.15, 0.2) is 0 Å². The molecule has 25 heavy (non-hydrogen) atoms. The highest BCUT2D eigenvalue weighted by Crippen LogP contribution is 2.30. The van der Waals surface area contributed by atoms with Crippen LogP contribution in [0.1, 0.15) is 55.2 Å². The number of fused-ring (bicyclic) bond motifs is 1. The van der Waals surface area contributed by atoms with Crippen LogP contribution >= 0.6 is 0 Å². The minimum atomic E-state index is -1.26. The van der Waals surface area contributed by atoms with Gasteiger partial charge in [-0.15, -0.1) is 0 Å². The van der Waals surface area contributed by atoms with Crippen molar-refractivity contribution in [2.24, 2.45) is 0 Å². The van der Waals surface area contributed by atoms with Gasteiger partial charge in [-0.1, -0.05) is 0 Å². The number of benzene rings is 1. The molecule has 0 unspecified atom stereocenters. The Morgan fingerprint density at radius 1 is 1.28 bits per heavy atom. The molecule has 0 bridgehead atoms. The SMILES string of the molecule is Cc1c(F)cc2[nH]c(C(=O)O)c(CCCC(=O)OC(C)(C)C)c2c1F. The number of esters is 1. The third-order valence-electron chi connectivity index (χ3n) is 3.75. The van der Waals surface area contributed by atoms with Gasteiger partial charge < -0.3 is 14.8 Å². The van der Waals surface area contributed by atoms with E-state index in [9.17, 15) is 23.5 Å². The predicted molar refractivity (Wildman–Crippen MR) is 88.7 cm³/mol. The summed E-state index contributed by atoms with van der Waals surface area (Å²) >= 11 is 0. The van der Waals surface area contributed by atoms with Crippen LogP contribution in [-0.2, 0) is 16.0 Å². The van der Waals surface area contributed by atoms with Crippen molar-refractivity contribution in [2.75, 3.05) is 0 Å². The summed E-state index contributed by atoms with van der Waals surface area (Å²) in [4.78, 5) is 25.7. The molecule has 1 aromatic carbocycles. The molecule has 1 heterocycles. The van der Waals surface area contributed by atoms with Gasteiger partial charge in [-0.05, 0) is 52.2 Å². The van der Waals surface area contributed by atoms with E-state index in [1.165, 1.54) is 6.92 Å². The Kier molecular flexibility index (Phi) is 5.15. The lowest BCUT2D eigenvalue weighted by molar-refractivity contribution is -0.154. The number of hydrogen-bond donors (Lipinski definition) is 2. The Bertz CT molecular complexity index is 834. The largest absolute Gasteiger partial charge is 0.477 e. The van der Waals surface area contributed by atoms with Crippen molar-refractivity contribution < 1.29 is 28.2 Å². The Labute approximate surface area is 144 Å². The number of carbonyl (C=O) groups excluding carboxylic acids is 1. The number of aryl methyl sites for hydroxylation is 1. The van der Waals surface area contributed by atoms with E-state index < -0.39 is 29.2 Å². The molecule has 0 atom stereocenters. The third kappa shape index (κ3) is 4.15. The van der Waals surface area contributed by atoms with Crippen molar-refractivity contribution in [1.29, 1.82) is 0 Å². The van der Waals surface area contributed by atoms with E-state index in [2.05, 4.69) is 4.98 Å². The van der Waals surface area contributed by atoms with Gasteiger partial charge in [0.05, 0.1) is 5.52 Å². The zero-order valence-electron chi connectivity index (χ0n) is 14.6. The minimum Gasteiger partial charge on any atom is -0.477 e. The van der Waals surface area contributed by atoms with Gasteiger partial charge in [-0.3, -0.25) is 4.79 Å². The molecule has 2 N–H and O–H groups in total. The number of aromatic nitrogens is 1. The van der Waals surface area contributed by atoms with Crippen LogP contribution in [-0.4, -0.2) is 27.6 Å². The molecular formula is C18H21F2NO4. The summed E-state index contributed by atoms with van der Waals surface area (Å²) in [5.41, 5.74) is -0.651. The number of nitrogens with one attached hydrogen (secondary N) is 1. The molecule has 2 rings (SSSR count). The van der Waals surface area contributed by atoms with E-state index in [4.69, 9.17) is 4.74 Å². The molecule has 5 nitrogen and oxygen atoms in total. The number of carbonyl (C=O) groups is 2. The first-order valence-corrected chi connectivity index (χ1v) is 7.95. The van der Waals surface area contributed by atoms with Crippen molar-refractivity contribution in [3.8, 4) is 0 Å². The standard InChI is InChI=1S/C18H21F2NO4/c1-9-11(19)8-12-14(15(9)20)10(16(21-12)17(23)24)6-5-7-13(22)25-18(2,3)4/h8,21H,5-7H2,1-4H3,(H,23,24). The van der Waals surface area contributed by atoms with Crippen molar-refractivity contribution in [2.45, 2.75) is 52.6 Å². The van der Waals surface area contributed by atoms with E-state index in [0.717, 1.165) is 6.07 Å². The summed E-state index contributed by atoms with van der Waals surface area (Å²) in [6.07, 6.45) is 0.520. The first kappa shape index (κ1) is 18.9. The van der Waals surface area contributed by atoms with Crippen LogP contribution in [0.5, 0.6) is 0 Å². The van der Waals surface area contributed by atoms with E-state index in [0.29, 0.717) is 0 Å². The fourth-order valence-electron chi connectivity index (χ4n) is 2.68. The monoisotopic (exact) mass is 353 g/mol. The first-order valence-electron chi connectivity index (χ1n) is 7.95. The van der Waals surface area contributed by atoms with Crippen LogP contribution in [0.25, 0.3) is 10.9 Å². The molecule has 0 fully saturated rings. The van der Waals surface area contributed by atoms with E-state index >= 15 is 0 Å². The van der Waals surface area contributed by atoms with Gasteiger partial charge in [0.1, 0.15) is 22.9 Å². The Morgan fingerprint density at radius 3 is 2.48 bits per heavy atom. The summed E-state index contributed by atoms with van der Waals surface area (Å²) in [5.74, 6) is -3.21. The maximum Gasteiger partial charge on any atom is 0.352 e. The highest BCUT2D eigenvalue weighted by molar-refractivity contribution is 5.98. The molecule has 7 heteroatoms. The Balaban J connectivity index is 2.30. The Hall–Kier alpha value is -2.44. The molecule has 0 aliphatic carbocycles. The lowest BCUT2D eigenvalue weighted by Gasteiger charge is -2.19. The lowest BCUT2D eigenvalue weighted by atomic mass is 10.0. The highest BCUT2D eigenvalue weighted by atomic mass is 19.1. The van der Waals surface area contributed by atoms with Crippen molar-refractivity contribution in [1.82, 2.24) is 4.98 Å². The fourth-order valence-corrected chi connectivity index (χ4v) is 2.68. The minimum absolute atomic E-state index is 0.0560. The smallest absolute Gasteiger partial charge is 0.352 e. The third-order valence-corrected chi connectivity index (χ3v) is 3.75. The van der Waals surface area contributed by atoms with Gasteiger partial charge in [0.25, 0.3) is 0 Å². The molecule has 0 saturated carbocycles. The van der Waals surface area contributed by atoms with Gasteiger partial charge in [-0.2, -0.15) is 0 Å². The predicted octanol–water partition coefficient (Wildman–Crippen LogP) is 4.12. The number of ether oxygens (including phenoxy) is 1. The second-order valence-electron chi connectivity index (χ2n) is 6.94. The van der Waals surface area contributed by atoms with E-state index in [1.807, 2.05) is 0 Å². The summed E-state index contributed by atoms with van der Waals surface area (Å²) in [7, 11) is 0. The van der Waals surface area contributed by atoms with Gasteiger partial charge in [-0.25, -0.2) is 13.6 Å². The zero-order valence-corrected chi connectivity index (χ0v) is 14.6. The van der Waals surface area contributed by atoms with Gasteiger partial charge >= 0.3 is 11.9 Å². The van der Waals surface area contributed by atoms with E-state index in [1.54, 1.807) is 20.8 Å². The first-order chi connectivity index (χ1) is 11.5. The lowest BCUT2D eigenvalue weighted by Crippen LogP contribution is -2.23. The van der Waals surface area contributed by atoms with Crippen LogP contribution in [0.4, 0.5) is 8.78 Å². The topological polar surface area (TPSA) is 79.4 Å². The summed E-state index contributed by atoms with van der Waals surface area (Å²) in [5, 5.41) is 9.37. The molecule has 136 valence electrons. The molecule has 0 amide bonds. The number of carboxylic acid groups (broad SMARTS) is 1. The number of halogens is 2. The molecule has 1 aromatic heterocycles. The highest BCUT2D eigenvalue weighted by Gasteiger charge is 2.23. The summed E-state index contributed by atoms with van der Waals surface area (Å²) in [6.45, 7) is 6.54. The molecule has 2 aromatic rings. The quantitative estimate of drug-likeness (QED) is 0.793. The number of rotatable bonds is 5. The average molecular weight is 353 g/mol. The normalized spacial score (nSPS) is 11.8. The molecule has 0 saturated heterocycles. The van der Waals surface area contributed by atoms with Crippen LogP contribution in [0, 0.1) is 18.6 Å². The van der Waals surface area contributed by atoms with Crippen LogP contribution in [0.3, 0.4) is 0 Å². The second-order valence-corrected chi connectivity index (χ2v) is 6.94. The number of carboxylic acids is 1. The molecule has 0 spiro atoms. The molecular weight excluding hydrogens is 332 g/mol. The maximum absolute atomic E-state index is 14.5. The Morgan fingerprint density at radius 2 is 1.92 bits per heavy atom. The van der Waals surface area contributed by atoms with Crippen LogP contribution < -0.4 is 0 Å². The van der Waals surface area contributed by atoms with E-state index in [-0.39, 0.29) is 47.0 Å². The van der Waals surface area contributed by atoms with Crippen LogP contribution in [0.2, 0.25) is 0 Å². The summed E-state index contributed by atoms with van der Waals surface area (Å²) in [6, 6.07) is 1.08. The number of H-pyrrole nitrogens is 1. The molecule has 0 aliphatic rings. The number of hydrogen-bond acceptors (Lipinski definition) is 3. The molecule has 0 aliphatic heterocycles. The van der Waals surface area contributed by atoms with Crippen LogP contribution in [0.15, 0.2) is 6.07 Å². The molecule has 0 radical (unpaired) electrons. The zero-order chi connectivity index (χ0) is 18.9. The fraction of sp³-hybridized carbons (Fsp3) is 0.444.